The van der Waals surface area contributed by atoms with E-state index in [1.807, 2.05) is 97.8 Å². The highest BCUT2D eigenvalue weighted by atomic mass is 16.3. The molecule has 1 aliphatic heterocycles. The lowest BCUT2D eigenvalue weighted by Gasteiger charge is -2.38. The van der Waals surface area contributed by atoms with Crippen molar-refractivity contribution in [3.05, 3.63) is 42.3 Å². The topological polar surface area (TPSA) is 303 Å². The monoisotopic (exact) mass is 1200 g/mol. The Morgan fingerprint density at radius 3 is 1.73 bits per heavy atom. The van der Waals surface area contributed by atoms with E-state index in [2.05, 4.69) is 54.4 Å². The number of hydrogen-bond donors (Lipinski definition) is 8. The molecule has 0 spiro atoms. The number of likely N-dealkylation sites (N-methyl/N-ethyl adjacent to an activating group) is 1. The highest BCUT2D eigenvalue weighted by Gasteiger charge is 2.43. The van der Waals surface area contributed by atoms with Crippen molar-refractivity contribution >= 4 is 59.6 Å². The number of nitrogens with zero attached hydrogens (tertiary/aromatic N) is 4. The minimum absolute atomic E-state index is 0.0242. The Bertz CT molecular complexity index is 2560. The molecule has 0 radical (unpaired) electrons. The van der Waals surface area contributed by atoms with Gasteiger partial charge in [0.1, 0.15) is 53.2 Å². The van der Waals surface area contributed by atoms with Crippen molar-refractivity contribution in [2.24, 2.45) is 17.8 Å². The quantitative estimate of drug-likeness (QED) is 0.0314. The smallest absolute Gasteiger partial charge is 0.277 e. The average molecular weight is 1210 g/mol. The van der Waals surface area contributed by atoms with E-state index < -0.39 is 94.2 Å². The number of unbranched alkanes of at least 4 members (excludes halogenated alkanes) is 5. The molecule has 8 N–H and O–H groups in total. The maximum absolute atomic E-state index is 14.8. The maximum Gasteiger partial charge on any atom is 0.277 e. The Morgan fingerprint density at radius 2 is 1.19 bits per heavy atom. The fourth-order valence-corrected chi connectivity index (χ4v) is 10.3. The van der Waals surface area contributed by atoms with Crippen molar-refractivity contribution in [2.75, 3.05) is 33.7 Å². The third-order valence-electron chi connectivity index (χ3n) is 14.9. The van der Waals surface area contributed by atoms with Crippen LogP contribution in [-0.2, 0) is 43.2 Å². The van der Waals surface area contributed by atoms with Crippen LogP contribution in [0, 0.1) is 17.8 Å². The normalized spacial score (nSPS) is 15.5. The molecule has 0 bridgehead atoms. The Hall–Kier alpha value is -6.91. The molecule has 1 aromatic heterocycles. The van der Waals surface area contributed by atoms with Gasteiger partial charge in [0.2, 0.25) is 59.6 Å². The van der Waals surface area contributed by atoms with E-state index in [4.69, 9.17) is 4.42 Å². The van der Waals surface area contributed by atoms with Gasteiger partial charge in [-0.2, -0.15) is 0 Å². The van der Waals surface area contributed by atoms with E-state index in [1.165, 1.54) is 57.6 Å². The lowest BCUT2D eigenvalue weighted by Crippen LogP contribution is -2.65. The number of likely N-dealkylation sites (tertiary alicyclic amines) is 1. The predicted octanol–water partition coefficient (Wildman–Crippen LogP) is 5.33. The number of carbonyl (C=O) groups excluding carboxylic acids is 10. The fourth-order valence-electron chi connectivity index (χ4n) is 10.3. The Labute approximate surface area is 510 Å². The van der Waals surface area contributed by atoms with E-state index in [-0.39, 0.29) is 79.9 Å². The molecule has 1 aromatic carbocycles. The largest absolute Gasteiger partial charge is 0.444 e. The van der Waals surface area contributed by atoms with E-state index in [1.54, 1.807) is 0 Å². The van der Waals surface area contributed by atoms with Crippen LogP contribution in [0.5, 0.6) is 0 Å². The van der Waals surface area contributed by atoms with Gasteiger partial charge in [-0.3, -0.25) is 47.9 Å². The van der Waals surface area contributed by atoms with Crippen LogP contribution in [-0.4, -0.2) is 166 Å². The third kappa shape index (κ3) is 23.7. The highest BCUT2D eigenvalue weighted by molar-refractivity contribution is 6.00. The maximum atomic E-state index is 14.8. The molecular weight excluding hydrogens is 1100 g/mol. The Kier molecular flexibility index (Phi) is 29.4. The highest BCUT2D eigenvalue weighted by Crippen LogP contribution is 2.28. The summed E-state index contributed by atoms with van der Waals surface area (Å²) in [5.41, 5.74) is -3.97. The van der Waals surface area contributed by atoms with Gasteiger partial charge in [0.15, 0.2) is 5.69 Å². The van der Waals surface area contributed by atoms with Gasteiger partial charge >= 0.3 is 0 Å². The summed E-state index contributed by atoms with van der Waals surface area (Å²) in [6, 6.07) is 4.44. The van der Waals surface area contributed by atoms with E-state index >= 15 is 0 Å². The van der Waals surface area contributed by atoms with E-state index in [9.17, 15) is 47.9 Å². The van der Waals surface area contributed by atoms with Gasteiger partial charge in [-0.25, -0.2) is 4.98 Å². The molecule has 86 heavy (non-hydrogen) atoms. The van der Waals surface area contributed by atoms with Gasteiger partial charge in [-0.05, 0) is 131 Å². The number of benzene rings is 1. The first-order valence-corrected chi connectivity index (χ1v) is 30.9. The minimum atomic E-state index is -1.67. The van der Waals surface area contributed by atoms with Crippen LogP contribution < -0.4 is 42.5 Å². The van der Waals surface area contributed by atoms with Crippen molar-refractivity contribution in [1.29, 1.82) is 0 Å². The number of oxazole rings is 1. The number of aromatic nitrogens is 1. The average Bonchev–Trinajstić information content (AvgIpc) is 2.29. The summed E-state index contributed by atoms with van der Waals surface area (Å²) in [7, 11) is 3.79. The fraction of sp³-hybridized carbons (Fsp3) is 0.698. The van der Waals surface area contributed by atoms with Crippen LogP contribution in [0.2, 0.25) is 0 Å². The number of nitrogens with one attached hydrogen (secondary N) is 8. The second-order valence-corrected chi connectivity index (χ2v) is 26.2. The van der Waals surface area contributed by atoms with Gasteiger partial charge in [0.05, 0.1) is 0 Å². The zero-order chi connectivity index (χ0) is 64.7. The Balaban J connectivity index is 1.79. The molecule has 6 atom stereocenters. The molecule has 23 nitrogen and oxygen atoms in total. The molecule has 1 fully saturated rings. The minimum Gasteiger partial charge on any atom is -0.444 e. The van der Waals surface area contributed by atoms with E-state index in [0.29, 0.717) is 44.3 Å². The second-order valence-electron chi connectivity index (χ2n) is 26.2. The van der Waals surface area contributed by atoms with Gasteiger partial charge < -0.3 is 61.7 Å². The molecule has 2 heterocycles. The molecule has 0 saturated carbocycles. The molecule has 482 valence electrons. The molecule has 1 saturated heterocycles. The van der Waals surface area contributed by atoms with Crippen molar-refractivity contribution < 1.29 is 52.4 Å². The van der Waals surface area contributed by atoms with Crippen LogP contribution in [0.25, 0.3) is 11.5 Å². The lowest BCUT2D eigenvalue weighted by molar-refractivity contribution is -0.140. The van der Waals surface area contributed by atoms with Crippen LogP contribution >= 0.6 is 0 Å². The molecule has 0 aliphatic carbocycles. The Morgan fingerprint density at radius 1 is 0.663 bits per heavy atom. The molecule has 1 aliphatic rings. The molecule has 0 unspecified atom stereocenters. The molecular formula is C63H104N12O11. The van der Waals surface area contributed by atoms with Gasteiger partial charge in [-0.1, -0.05) is 105 Å². The lowest BCUT2D eigenvalue weighted by atomic mass is 9.96. The number of rotatable bonds is 37. The first-order valence-electron chi connectivity index (χ1n) is 30.9. The number of amides is 10. The molecule has 3 rings (SSSR count). The van der Waals surface area contributed by atoms with E-state index in [0.717, 1.165) is 32.1 Å². The predicted molar refractivity (Wildman–Crippen MR) is 330 cm³/mol. The summed E-state index contributed by atoms with van der Waals surface area (Å²) in [6.45, 7) is 25.0. The van der Waals surface area contributed by atoms with Gasteiger partial charge in [-0.15, -0.1) is 0 Å². The van der Waals surface area contributed by atoms with Crippen LogP contribution in [0.1, 0.15) is 191 Å². The zero-order valence-corrected chi connectivity index (χ0v) is 54.3. The molecule has 2 aromatic rings. The first-order chi connectivity index (χ1) is 40.2. The van der Waals surface area contributed by atoms with Crippen LogP contribution in [0.15, 0.2) is 41.0 Å². The van der Waals surface area contributed by atoms with Crippen LogP contribution in [0.3, 0.4) is 0 Å². The summed E-state index contributed by atoms with van der Waals surface area (Å²) in [4.78, 5) is 148. The number of hydrogen-bond acceptors (Lipinski definition) is 13. The summed E-state index contributed by atoms with van der Waals surface area (Å²) in [5.74, 6) is -5.42. The molecule has 10 amide bonds. The summed E-state index contributed by atoms with van der Waals surface area (Å²) in [5, 5.41) is 22.3. The zero-order valence-electron chi connectivity index (χ0n) is 54.3. The third-order valence-corrected chi connectivity index (χ3v) is 14.9. The van der Waals surface area contributed by atoms with Crippen molar-refractivity contribution in [3.8, 4) is 11.5 Å². The number of carbonyl (C=O) groups is 10. The summed E-state index contributed by atoms with van der Waals surface area (Å²) < 4.78 is 5.69. The van der Waals surface area contributed by atoms with Gasteiger partial charge in [0.25, 0.3) is 5.91 Å². The standard InChI is InChI=1S/C63H104N12O11/c1-17-18-19-20-21-25-29-49(75(39-76)51-30-26-33-74(51)57(82)48-38-86-56(68-48)44-27-23-22-24-28-44)55(81)67-47(36-42(6)7)54(80)70-62(11,12)59(84)69-45(34-40(2)3)52(78)66-46(35-41(4)5)53(79)71-63(13,14)60(85)72-61(9,10)58(83)64-32-31-50(77)65-43(8)37-73(15)16/h22-24,27-28,38-43,45-47,49,51H,17-21,25-26,29-37H2,1-16H3,(H,64,83)(H,65,77)(H,66,78)(H,67,81)(H,69,84)(H,70,80)(H,71,79)(H,72,85)/t43-,45-,46-,47-,49-,51+/m0/s1. The summed E-state index contributed by atoms with van der Waals surface area (Å²) in [6.07, 6.45) is 8.23. The van der Waals surface area contributed by atoms with Crippen LogP contribution in [0.4, 0.5) is 0 Å². The second kappa shape index (κ2) is 34.4. The van der Waals surface area contributed by atoms with Crippen molar-refractivity contribution in [3.63, 3.8) is 0 Å². The van der Waals surface area contributed by atoms with Gasteiger partial charge in [0, 0.05) is 37.7 Å². The summed E-state index contributed by atoms with van der Waals surface area (Å²) >= 11 is 0. The molecule has 23 heteroatoms. The first kappa shape index (κ1) is 73.3. The van der Waals surface area contributed by atoms with Crippen molar-refractivity contribution in [1.82, 2.24) is 62.2 Å². The van der Waals surface area contributed by atoms with Crippen molar-refractivity contribution in [2.45, 2.75) is 233 Å². The SMILES string of the molecule is CCCCCCCC[C@@H](C(=O)N[C@@H](CC(C)C)C(=O)NC(C)(C)C(=O)N[C@@H](CC(C)C)C(=O)N[C@@H](CC(C)C)C(=O)NC(C)(C)C(=O)NC(C)(C)C(=O)NCCC(=O)N[C@@H](C)CN(C)C)N(C=O)[C@@H]1CCCN1C(=O)c1coc(-c2ccccc2)n1.